The summed E-state index contributed by atoms with van der Waals surface area (Å²) in [6.45, 7) is -0.0598. The highest BCUT2D eigenvalue weighted by Gasteiger charge is 2.28. The van der Waals surface area contributed by atoms with E-state index < -0.39 is 35.2 Å². The number of aromatic nitrogens is 3. The lowest BCUT2D eigenvalue weighted by molar-refractivity contribution is -0.146. The highest BCUT2D eigenvalue weighted by molar-refractivity contribution is 5.76. The molecule has 0 aliphatic heterocycles. The Bertz CT molecular complexity index is 1390. The van der Waals surface area contributed by atoms with Crippen molar-refractivity contribution in [1.82, 2.24) is 15.0 Å². The fourth-order valence-electron chi connectivity index (χ4n) is 3.50. The van der Waals surface area contributed by atoms with E-state index in [1.807, 2.05) is 0 Å². The first kappa shape index (κ1) is 23.0. The van der Waals surface area contributed by atoms with Crippen molar-refractivity contribution in [3.63, 3.8) is 0 Å². The minimum atomic E-state index is -1.39. The minimum absolute atomic E-state index is 0.0598. The first-order valence-corrected chi connectivity index (χ1v) is 10.3. The van der Waals surface area contributed by atoms with Crippen LogP contribution in [0.4, 0.5) is 8.78 Å². The first-order chi connectivity index (χ1) is 16.3. The third-order valence-corrected chi connectivity index (χ3v) is 5.32. The molecule has 1 aromatic heterocycles. The van der Waals surface area contributed by atoms with Gasteiger partial charge in [-0.05, 0) is 48.4 Å². The molecule has 0 radical (unpaired) electrons. The van der Waals surface area contributed by atoms with Crippen molar-refractivity contribution in [3.8, 4) is 11.5 Å². The molecule has 0 saturated heterocycles. The summed E-state index contributed by atoms with van der Waals surface area (Å²) < 4.78 is 33.2. The maximum Gasteiger partial charge on any atom is 0.309 e. The number of rotatable bonds is 8. The number of carbonyl (C=O) groups is 1. The summed E-state index contributed by atoms with van der Waals surface area (Å²) in [6.07, 6.45) is -1.47. The lowest BCUT2D eigenvalue weighted by Gasteiger charge is -2.20. The highest BCUT2D eigenvalue weighted by atomic mass is 19.1. The molecule has 2 N–H and O–H groups in total. The molecule has 0 unspecified atom stereocenters. The van der Waals surface area contributed by atoms with Crippen molar-refractivity contribution < 1.29 is 28.5 Å². The number of hydrogen-bond acceptors (Lipinski definition) is 6. The zero-order valence-electron chi connectivity index (χ0n) is 17.6. The Hall–Kier alpha value is -4.18. The van der Waals surface area contributed by atoms with Crippen LogP contribution in [0.25, 0.3) is 10.9 Å². The van der Waals surface area contributed by atoms with Crippen LogP contribution in [0.2, 0.25) is 0 Å². The van der Waals surface area contributed by atoms with Crippen molar-refractivity contribution in [3.05, 3.63) is 94.3 Å². The second kappa shape index (κ2) is 9.75. The van der Waals surface area contributed by atoms with Crippen LogP contribution in [0.15, 0.2) is 71.5 Å². The average Bonchev–Trinajstić information content (AvgIpc) is 2.82. The topological polar surface area (TPSA) is 115 Å². The summed E-state index contributed by atoms with van der Waals surface area (Å²) in [7, 11) is 0. The van der Waals surface area contributed by atoms with Gasteiger partial charge in [0, 0.05) is 12.6 Å². The van der Waals surface area contributed by atoms with Crippen LogP contribution in [0.3, 0.4) is 0 Å². The number of aliphatic carboxylic acids is 1. The number of aliphatic hydroxyl groups is 1. The summed E-state index contributed by atoms with van der Waals surface area (Å²) in [6, 6.07) is 15.3. The standard InChI is InChI=1S/C24H19F2N3O5/c25-15-7-10-21(19(26)13-15)34-16-8-5-14(6-9-16)22(30)18(24(32)33)11-12-29-23(31)17-3-1-2-4-20(17)27-28-29/h1-10,13,18,22,30H,11-12H2,(H,32,33)/t18-,22+/m0/s1. The van der Waals surface area contributed by atoms with Gasteiger partial charge in [-0.1, -0.05) is 29.5 Å². The van der Waals surface area contributed by atoms with Crippen LogP contribution in [-0.2, 0) is 11.3 Å². The zero-order valence-corrected chi connectivity index (χ0v) is 17.6. The maximum absolute atomic E-state index is 13.8. The van der Waals surface area contributed by atoms with Gasteiger partial charge >= 0.3 is 5.97 Å². The smallest absolute Gasteiger partial charge is 0.309 e. The molecule has 8 nitrogen and oxygen atoms in total. The second-order valence-electron chi connectivity index (χ2n) is 7.56. The molecule has 4 aromatic rings. The first-order valence-electron chi connectivity index (χ1n) is 10.3. The van der Waals surface area contributed by atoms with Crippen LogP contribution in [0.1, 0.15) is 18.1 Å². The zero-order chi connectivity index (χ0) is 24.2. The molecule has 0 spiro atoms. The number of halogens is 2. The number of benzene rings is 3. The number of carboxylic acids is 1. The van der Waals surface area contributed by atoms with Gasteiger partial charge < -0.3 is 14.9 Å². The van der Waals surface area contributed by atoms with Crippen LogP contribution >= 0.6 is 0 Å². The summed E-state index contributed by atoms with van der Waals surface area (Å²) in [5, 5.41) is 28.5. The quantitative estimate of drug-likeness (QED) is 0.406. The molecular weight excluding hydrogens is 448 g/mol. The summed E-state index contributed by atoms with van der Waals surface area (Å²) in [5.74, 6) is -4.06. The van der Waals surface area contributed by atoms with Gasteiger partial charge in [0.25, 0.3) is 5.56 Å². The van der Waals surface area contributed by atoms with E-state index in [-0.39, 0.29) is 30.0 Å². The molecular formula is C24H19F2N3O5. The summed E-state index contributed by atoms with van der Waals surface area (Å²) >= 11 is 0. The Kier molecular flexibility index (Phi) is 6.60. The van der Waals surface area contributed by atoms with Crippen LogP contribution in [0.5, 0.6) is 11.5 Å². The van der Waals surface area contributed by atoms with Crippen molar-refractivity contribution >= 4 is 16.9 Å². The molecule has 0 aliphatic carbocycles. The van der Waals surface area contributed by atoms with Crippen molar-refractivity contribution in [2.24, 2.45) is 5.92 Å². The van der Waals surface area contributed by atoms with Crippen molar-refractivity contribution in [1.29, 1.82) is 0 Å². The number of nitrogens with zero attached hydrogens (tertiary/aromatic N) is 3. The molecule has 0 saturated carbocycles. The number of carboxylic acid groups (broad SMARTS) is 1. The molecule has 3 aromatic carbocycles. The molecule has 0 bridgehead atoms. The van der Waals surface area contributed by atoms with Gasteiger partial charge in [0.2, 0.25) is 0 Å². The average molecular weight is 467 g/mol. The lowest BCUT2D eigenvalue weighted by Crippen LogP contribution is -2.29. The largest absolute Gasteiger partial charge is 0.481 e. The SMILES string of the molecule is O=C(O)[C@@H](CCn1nnc2ccccc2c1=O)[C@H](O)c1ccc(Oc2ccc(F)cc2F)cc1. The fraction of sp³-hybridized carbons (Fsp3) is 0.167. The lowest BCUT2D eigenvalue weighted by atomic mass is 9.93. The second-order valence-corrected chi connectivity index (χ2v) is 7.56. The molecule has 0 amide bonds. The van der Waals surface area contributed by atoms with Crippen LogP contribution in [0, 0.1) is 17.6 Å². The minimum Gasteiger partial charge on any atom is -0.481 e. The monoisotopic (exact) mass is 467 g/mol. The Morgan fingerprint density at radius 3 is 2.50 bits per heavy atom. The van der Waals surface area contributed by atoms with E-state index in [4.69, 9.17) is 4.74 Å². The molecule has 0 aliphatic rings. The molecule has 0 fully saturated rings. The van der Waals surface area contributed by atoms with E-state index in [2.05, 4.69) is 10.3 Å². The van der Waals surface area contributed by atoms with Gasteiger partial charge in [-0.15, -0.1) is 5.10 Å². The molecule has 2 atom stereocenters. The number of hydrogen-bond donors (Lipinski definition) is 2. The van der Waals surface area contributed by atoms with Crippen molar-refractivity contribution in [2.45, 2.75) is 19.1 Å². The van der Waals surface area contributed by atoms with Gasteiger partial charge in [-0.2, -0.15) is 0 Å². The van der Waals surface area contributed by atoms with Crippen LogP contribution < -0.4 is 10.3 Å². The Morgan fingerprint density at radius 2 is 1.79 bits per heavy atom. The molecule has 1 heterocycles. The third kappa shape index (κ3) is 4.91. The molecule has 4 rings (SSSR count). The van der Waals surface area contributed by atoms with E-state index in [0.717, 1.165) is 16.8 Å². The van der Waals surface area contributed by atoms with E-state index in [0.29, 0.717) is 17.0 Å². The Balaban J connectivity index is 1.47. The number of ether oxygens (including phenoxy) is 1. The van der Waals surface area contributed by atoms with E-state index in [9.17, 15) is 28.6 Å². The van der Waals surface area contributed by atoms with Gasteiger partial charge in [0.15, 0.2) is 11.6 Å². The van der Waals surface area contributed by atoms with Gasteiger partial charge in [-0.25, -0.2) is 13.5 Å². The van der Waals surface area contributed by atoms with E-state index in [1.165, 1.54) is 24.3 Å². The highest BCUT2D eigenvalue weighted by Crippen LogP contribution is 2.29. The number of aryl methyl sites for hydroxylation is 1. The summed E-state index contributed by atoms with van der Waals surface area (Å²) in [4.78, 5) is 24.4. The van der Waals surface area contributed by atoms with Crippen LogP contribution in [-0.4, -0.2) is 31.2 Å². The van der Waals surface area contributed by atoms with Gasteiger partial charge in [0.1, 0.15) is 17.1 Å². The Morgan fingerprint density at radius 1 is 1.06 bits per heavy atom. The summed E-state index contributed by atoms with van der Waals surface area (Å²) in [5.41, 5.74) is 0.316. The Labute approximate surface area is 191 Å². The molecule has 34 heavy (non-hydrogen) atoms. The van der Waals surface area contributed by atoms with E-state index >= 15 is 0 Å². The molecule has 10 heteroatoms. The fourth-order valence-corrected chi connectivity index (χ4v) is 3.50. The predicted octanol–water partition coefficient (Wildman–Crippen LogP) is 3.69. The maximum atomic E-state index is 13.8. The molecule has 174 valence electrons. The third-order valence-electron chi connectivity index (χ3n) is 5.32. The number of aliphatic hydroxyl groups excluding tert-OH is 1. The van der Waals surface area contributed by atoms with Crippen molar-refractivity contribution in [2.75, 3.05) is 0 Å². The predicted molar refractivity (Wildman–Crippen MR) is 117 cm³/mol. The van der Waals surface area contributed by atoms with Gasteiger partial charge in [-0.3, -0.25) is 9.59 Å². The normalized spacial score (nSPS) is 12.9. The van der Waals surface area contributed by atoms with Gasteiger partial charge in [0.05, 0.1) is 17.4 Å². The number of fused-ring (bicyclic) bond motifs is 1. The van der Waals surface area contributed by atoms with E-state index in [1.54, 1.807) is 24.3 Å².